The predicted molar refractivity (Wildman–Crippen MR) is 96.6 cm³/mol. The number of benzene rings is 2. The Bertz CT molecular complexity index is 813. The average Bonchev–Trinajstić information content (AvgIpc) is 2.54. The summed E-state index contributed by atoms with van der Waals surface area (Å²) in [5.74, 6) is -0.255. The van der Waals surface area contributed by atoms with Crippen LogP contribution in [0.5, 0.6) is 0 Å². The summed E-state index contributed by atoms with van der Waals surface area (Å²) in [4.78, 5) is 13.1. The molecule has 1 unspecified atom stereocenters. The van der Waals surface area contributed by atoms with Gasteiger partial charge in [0, 0.05) is 5.69 Å². The molecule has 4 heteroatoms. The van der Waals surface area contributed by atoms with Crippen LogP contribution in [0.3, 0.4) is 0 Å². The second-order valence-corrected chi connectivity index (χ2v) is 7.32. The van der Waals surface area contributed by atoms with Crippen LogP contribution in [-0.4, -0.2) is 5.91 Å². The molecule has 25 heavy (non-hydrogen) atoms. The first-order valence-corrected chi connectivity index (χ1v) is 9.04. The van der Waals surface area contributed by atoms with Gasteiger partial charge < -0.3 is 11.1 Å². The second-order valence-electron chi connectivity index (χ2n) is 7.32. The number of amides is 1. The molecule has 2 aliphatic rings. The van der Waals surface area contributed by atoms with Crippen LogP contribution >= 0.6 is 0 Å². The fourth-order valence-corrected chi connectivity index (χ4v) is 4.24. The Hall–Kier alpha value is -2.36. The van der Waals surface area contributed by atoms with Gasteiger partial charge in [0.25, 0.3) is 0 Å². The first-order valence-electron chi connectivity index (χ1n) is 9.04. The van der Waals surface area contributed by atoms with Gasteiger partial charge in [-0.2, -0.15) is 0 Å². The summed E-state index contributed by atoms with van der Waals surface area (Å²) in [7, 11) is 0. The standard InChI is InChI=1S/C21H23FN2O/c22-16-6-2-5-15(13-16)21(10-3-11-21)20(25)24-19-7-1-4-14-12-17(23)8-9-18(14)19/h2,5-6,8-9,12-13,19H,1,3-4,7,10-11,23H2,(H,24,25). The third kappa shape index (κ3) is 2.80. The number of fused-ring (bicyclic) bond motifs is 1. The second kappa shape index (κ2) is 6.17. The highest BCUT2D eigenvalue weighted by atomic mass is 19.1. The van der Waals surface area contributed by atoms with Crippen LogP contribution in [0.15, 0.2) is 42.5 Å². The van der Waals surface area contributed by atoms with Crippen LogP contribution in [0.4, 0.5) is 10.1 Å². The fourth-order valence-electron chi connectivity index (χ4n) is 4.24. The van der Waals surface area contributed by atoms with Gasteiger partial charge in [0.2, 0.25) is 5.91 Å². The zero-order chi connectivity index (χ0) is 17.4. The molecule has 0 aliphatic heterocycles. The lowest BCUT2D eigenvalue weighted by atomic mass is 9.63. The van der Waals surface area contributed by atoms with Gasteiger partial charge in [-0.3, -0.25) is 4.79 Å². The SMILES string of the molecule is Nc1ccc2c(c1)CCCC2NC(=O)C1(c2cccc(F)c2)CCC1. The molecule has 0 spiro atoms. The third-order valence-corrected chi connectivity index (χ3v) is 5.81. The van der Waals surface area contributed by atoms with Crippen molar-refractivity contribution in [2.45, 2.75) is 50.0 Å². The number of nitrogen functional groups attached to an aromatic ring is 1. The summed E-state index contributed by atoms with van der Waals surface area (Å²) in [6.45, 7) is 0. The molecule has 0 saturated heterocycles. The molecule has 0 aromatic heterocycles. The monoisotopic (exact) mass is 338 g/mol. The fraction of sp³-hybridized carbons (Fsp3) is 0.381. The summed E-state index contributed by atoms with van der Waals surface area (Å²) >= 11 is 0. The Kier molecular flexibility index (Phi) is 3.98. The number of hydrogen-bond acceptors (Lipinski definition) is 2. The first-order chi connectivity index (χ1) is 12.1. The molecule has 0 heterocycles. The minimum Gasteiger partial charge on any atom is -0.399 e. The van der Waals surface area contributed by atoms with E-state index in [0.29, 0.717) is 0 Å². The van der Waals surface area contributed by atoms with Gasteiger partial charge in [-0.15, -0.1) is 0 Å². The van der Waals surface area contributed by atoms with E-state index in [1.54, 1.807) is 6.07 Å². The molecule has 1 atom stereocenters. The molecule has 2 aromatic carbocycles. The van der Waals surface area contributed by atoms with Crippen LogP contribution in [0.2, 0.25) is 0 Å². The summed E-state index contributed by atoms with van der Waals surface area (Å²) in [6, 6.07) is 12.5. The molecule has 0 bridgehead atoms. The van der Waals surface area contributed by atoms with E-state index in [-0.39, 0.29) is 17.8 Å². The smallest absolute Gasteiger partial charge is 0.231 e. The van der Waals surface area contributed by atoms with Crippen molar-refractivity contribution in [3.05, 3.63) is 65.0 Å². The highest BCUT2D eigenvalue weighted by Crippen LogP contribution is 2.45. The van der Waals surface area contributed by atoms with Crippen LogP contribution in [0.1, 0.15) is 54.8 Å². The van der Waals surface area contributed by atoms with Gasteiger partial charge in [-0.25, -0.2) is 4.39 Å². The zero-order valence-corrected chi connectivity index (χ0v) is 14.2. The molecular formula is C21H23FN2O. The summed E-state index contributed by atoms with van der Waals surface area (Å²) in [6.07, 6.45) is 5.53. The van der Waals surface area contributed by atoms with Crippen LogP contribution in [-0.2, 0) is 16.6 Å². The number of anilines is 1. The zero-order valence-electron chi connectivity index (χ0n) is 14.2. The minimum absolute atomic E-state index is 0.0166. The lowest BCUT2D eigenvalue weighted by molar-refractivity contribution is -0.130. The molecule has 1 saturated carbocycles. The number of carbonyl (C=O) groups is 1. The molecule has 3 nitrogen and oxygen atoms in total. The number of rotatable bonds is 3. The minimum atomic E-state index is -0.576. The lowest BCUT2D eigenvalue weighted by Gasteiger charge is -2.42. The van der Waals surface area contributed by atoms with Crippen molar-refractivity contribution in [2.24, 2.45) is 0 Å². The van der Waals surface area contributed by atoms with Crippen LogP contribution < -0.4 is 11.1 Å². The van der Waals surface area contributed by atoms with E-state index in [4.69, 9.17) is 5.73 Å². The van der Waals surface area contributed by atoms with Crippen molar-refractivity contribution in [2.75, 3.05) is 5.73 Å². The molecule has 2 aromatic rings. The maximum atomic E-state index is 13.7. The topological polar surface area (TPSA) is 55.1 Å². The number of carbonyl (C=O) groups excluding carboxylic acids is 1. The number of nitrogens with one attached hydrogen (secondary N) is 1. The van der Waals surface area contributed by atoms with Gasteiger partial charge in [-0.1, -0.05) is 24.6 Å². The van der Waals surface area contributed by atoms with E-state index in [9.17, 15) is 9.18 Å². The first kappa shape index (κ1) is 16.1. The summed E-state index contributed by atoms with van der Waals surface area (Å²) in [5.41, 5.74) is 9.28. The van der Waals surface area contributed by atoms with Crippen molar-refractivity contribution in [1.29, 1.82) is 0 Å². The number of halogens is 1. The van der Waals surface area contributed by atoms with Crippen molar-refractivity contribution >= 4 is 11.6 Å². The Balaban J connectivity index is 1.60. The van der Waals surface area contributed by atoms with E-state index < -0.39 is 5.41 Å². The van der Waals surface area contributed by atoms with Crippen LogP contribution in [0.25, 0.3) is 0 Å². The van der Waals surface area contributed by atoms with E-state index in [0.717, 1.165) is 49.8 Å². The van der Waals surface area contributed by atoms with E-state index in [1.807, 2.05) is 24.3 Å². The molecule has 4 rings (SSSR count). The maximum absolute atomic E-state index is 13.7. The number of aryl methyl sites for hydroxylation is 1. The van der Waals surface area contributed by atoms with E-state index in [1.165, 1.54) is 23.3 Å². The highest BCUT2D eigenvalue weighted by molar-refractivity contribution is 5.89. The van der Waals surface area contributed by atoms with E-state index in [2.05, 4.69) is 5.32 Å². The molecule has 2 aliphatic carbocycles. The molecule has 1 amide bonds. The van der Waals surface area contributed by atoms with Gasteiger partial charge in [0.05, 0.1) is 11.5 Å². The predicted octanol–water partition coefficient (Wildman–Crippen LogP) is 4.02. The largest absolute Gasteiger partial charge is 0.399 e. The van der Waals surface area contributed by atoms with Gasteiger partial charge in [0.1, 0.15) is 5.82 Å². The van der Waals surface area contributed by atoms with Gasteiger partial charge >= 0.3 is 0 Å². The Labute approximate surface area is 147 Å². The molecule has 0 radical (unpaired) electrons. The summed E-state index contributed by atoms with van der Waals surface area (Å²) in [5, 5.41) is 3.25. The van der Waals surface area contributed by atoms with E-state index >= 15 is 0 Å². The van der Waals surface area contributed by atoms with Gasteiger partial charge in [0.15, 0.2) is 0 Å². The summed E-state index contributed by atoms with van der Waals surface area (Å²) < 4.78 is 13.7. The van der Waals surface area contributed by atoms with Crippen LogP contribution in [0, 0.1) is 5.82 Å². The van der Waals surface area contributed by atoms with Crippen molar-refractivity contribution < 1.29 is 9.18 Å². The molecule has 1 fully saturated rings. The normalized spacial score (nSPS) is 21.1. The molecular weight excluding hydrogens is 315 g/mol. The maximum Gasteiger partial charge on any atom is 0.231 e. The Morgan fingerprint density at radius 1 is 1.16 bits per heavy atom. The highest BCUT2D eigenvalue weighted by Gasteiger charge is 2.46. The molecule has 3 N–H and O–H groups in total. The van der Waals surface area contributed by atoms with Gasteiger partial charge in [-0.05, 0) is 73.1 Å². The lowest BCUT2D eigenvalue weighted by Crippen LogP contribution is -2.50. The third-order valence-electron chi connectivity index (χ3n) is 5.81. The quantitative estimate of drug-likeness (QED) is 0.831. The van der Waals surface area contributed by atoms with Crippen molar-refractivity contribution in [1.82, 2.24) is 5.32 Å². The van der Waals surface area contributed by atoms with Crippen molar-refractivity contribution in [3.63, 3.8) is 0 Å². The Morgan fingerprint density at radius 2 is 2.00 bits per heavy atom. The number of hydrogen-bond donors (Lipinski definition) is 2. The van der Waals surface area contributed by atoms with Crippen molar-refractivity contribution in [3.8, 4) is 0 Å². The number of nitrogens with two attached hydrogens (primary N) is 1. The molecule has 130 valence electrons. The average molecular weight is 338 g/mol. The Morgan fingerprint density at radius 3 is 2.72 bits per heavy atom.